The van der Waals surface area contributed by atoms with E-state index < -0.39 is 0 Å². The molecule has 4 atom stereocenters. The Morgan fingerprint density at radius 2 is 2.17 bits per heavy atom. The van der Waals surface area contributed by atoms with Gasteiger partial charge in [-0.1, -0.05) is 19.8 Å². The Hall–Kier alpha value is 0.270. The van der Waals surface area contributed by atoms with Crippen molar-refractivity contribution in [3.63, 3.8) is 0 Å². The number of aliphatic hydroxyl groups excluding tert-OH is 1. The van der Waals surface area contributed by atoms with E-state index in [1.165, 1.54) is 43.7 Å². The Balaban J connectivity index is 1.85. The zero-order valence-corrected chi connectivity index (χ0v) is 12.8. The molecular weight excluding hydrogens is 242 g/mol. The van der Waals surface area contributed by atoms with E-state index in [0.717, 1.165) is 18.9 Å². The summed E-state index contributed by atoms with van der Waals surface area (Å²) < 4.78 is 0. The summed E-state index contributed by atoms with van der Waals surface area (Å²) in [5, 5.41) is 10.2. The minimum absolute atomic E-state index is 0.0418. The highest BCUT2D eigenvalue weighted by atomic mass is 32.2. The van der Waals surface area contributed by atoms with Crippen LogP contribution in [0.15, 0.2) is 0 Å². The fraction of sp³-hybridized carbons (Fsp3) is 1.00. The maximum Gasteiger partial charge on any atom is 0.0580 e. The van der Waals surface area contributed by atoms with Crippen LogP contribution in [0.3, 0.4) is 0 Å². The molecule has 0 bridgehead atoms. The predicted octanol–water partition coefficient (Wildman–Crippen LogP) is 3.00. The molecule has 0 aromatic carbocycles. The number of aliphatic hydroxyl groups is 1. The minimum Gasteiger partial charge on any atom is -0.393 e. The third kappa shape index (κ3) is 3.88. The van der Waals surface area contributed by atoms with Crippen LogP contribution in [0.25, 0.3) is 0 Å². The van der Waals surface area contributed by atoms with E-state index in [0.29, 0.717) is 12.0 Å². The van der Waals surface area contributed by atoms with Gasteiger partial charge in [0.2, 0.25) is 0 Å². The highest BCUT2D eigenvalue weighted by Gasteiger charge is 2.31. The second kappa shape index (κ2) is 7.16. The molecule has 0 radical (unpaired) electrons. The Morgan fingerprint density at radius 1 is 1.33 bits per heavy atom. The van der Waals surface area contributed by atoms with Crippen LogP contribution in [-0.4, -0.2) is 46.7 Å². The van der Waals surface area contributed by atoms with Crippen LogP contribution in [0.1, 0.15) is 46.0 Å². The van der Waals surface area contributed by atoms with Crippen LogP contribution in [0.5, 0.6) is 0 Å². The molecule has 1 saturated carbocycles. The van der Waals surface area contributed by atoms with Crippen LogP contribution >= 0.6 is 11.8 Å². The standard InChI is InChI=1S/C15H29NOS/c1-3-4-13-5-6-15(17)14(9-13)10-16-7-8-18-11-12(16)2/h12-15,17H,3-11H2,1-2H3. The molecular formula is C15H29NOS. The van der Waals surface area contributed by atoms with Crippen molar-refractivity contribution >= 4 is 11.8 Å². The molecule has 0 spiro atoms. The monoisotopic (exact) mass is 271 g/mol. The molecule has 1 aliphatic carbocycles. The lowest BCUT2D eigenvalue weighted by Gasteiger charge is -2.40. The SMILES string of the molecule is CCCC1CCC(O)C(CN2CCSCC2C)C1. The van der Waals surface area contributed by atoms with Crippen LogP contribution in [-0.2, 0) is 0 Å². The summed E-state index contributed by atoms with van der Waals surface area (Å²) >= 11 is 2.07. The Bertz CT molecular complexity index is 249. The summed E-state index contributed by atoms with van der Waals surface area (Å²) in [6, 6.07) is 0.697. The zero-order valence-electron chi connectivity index (χ0n) is 12.0. The first-order valence-corrected chi connectivity index (χ1v) is 8.86. The molecule has 0 aromatic heterocycles. The van der Waals surface area contributed by atoms with E-state index in [9.17, 15) is 5.11 Å². The van der Waals surface area contributed by atoms with Gasteiger partial charge in [0.1, 0.15) is 0 Å². The van der Waals surface area contributed by atoms with Crippen LogP contribution in [0.4, 0.5) is 0 Å². The third-order valence-corrected chi connectivity index (χ3v) is 5.91. The van der Waals surface area contributed by atoms with Gasteiger partial charge in [-0.15, -0.1) is 0 Å². The van der Waals surface area contributed by atoms with E-state index in [1.54, 1.807) is 0 Å². The number of rotatable bonds is 4. The number of nitrogens with zero attached hydrogens (tertiary/aromatic N) is 1. The van der Waals surface area contributed by atoms with Crippen LogP contribution in [0.2, 0.25) is 0 Å². The molecule has 3 heteroatoms. The van der Waals surface area contributed by atoms with Crippen molar-refractivity contribution < 1.29 is 5.11 Å². The van der Waals surface area contributed by atoms with Gasteiger partial charge >= 0.3 is 0 Å². The Kier molecular flexibility index (Phi) is 5.84. The highest BCUT2D eigenvalue weighted by Crippen LogP contribution is 2.33. The minimum atomic E-state index is -0.0418. The molecule has 1 N–H and O–H groups in total. The molecule has 0 aromatic rings. The molecule has 18 heavy (non-hydrogen) atoms. The molecule has 2 aliphatic rings. The lowest BCUT2D eigenvalue weighted by Crippen LogP contribution is -2.46. The lowest BCUT2D eigenvalue weighted by atomic mass is 9.77. The number of hydrogen-bond donors (Lipinski definition) is 1. The van der Waals surface area contributed by atoms with Crippen molar-refractivity contribution in [3.8, 4) is 0 Å². The lowest BCUT2D eigenvalue weighted by molar-refractivity contribution is 0.0211. The quantitative estimate of drug-likeness (QED) is 0.850. The molecule has 2 rings (SSSR count). The largest absolute Gasteiger partial charge is 0.393 e. The zero-order chi connectivity index (χ0) is 13.0. The first-order chi connectivity index (χ1) is 8.70. The van der Waals surface area contributed by atoms with Crippen molar-refractivity contribution in [2.24, 2.45) is 11.8 Å². The normalized spacial score (nSPS) is 38.8. The molecule has 1 saturated heterocycles. The van der Waals surface area contributed by atoms with E-state index in [4.69, 9.17) is 0 Å². The van der Waals surface area contributed by atoms with E-state index in [1.807, 2.05) is 0 Å². The second-order valence-corrected chi connectivity index (χ2v) is 7.36. The topological polar surface area (TPSA) is 23.5 Å². The smallest absolute Gasteiger partial charge is 0.0580 e. The van der Waals surface area contributed by atoms with Crippen molar-refractivity contribution in [1.82, 2.24) is 4.90 Å². The van der Waals surface area contributed by atoms with Crippen molar-refractivity contribution in [3.05, 3.63) is 0 Å². The van der Waals surface area contributed by atoms with E-state index in [-0.39, 0.29) is 6.10 Å². The average molecular weight is 271 g/mol. The molecule has 2 fully saturated rings. The van der Waals surface area contributed by atoms with Gasteiger partial charge in [0.05, 0.1) is 6.10 Å². The average Bonchev–Trinajstić information content (AvgIpc) is 2.36. The molecule has 0 amide bonds. The van der Waals surface area contributed by atoms with Crippen molar-refractivity contribution in [2.75, 3.05) is 24.6 Å². The number of hydrogen-bond acceptors (Lipinski definition) is 3. The number of thioether (sulfide) groups is 1. The van der Waals surface area contributed by atoms with Gasteiger partial charge in [0.25, 0.3) is 0 Å². The summed E-state index contributed by atoms with van der Waals surface area (Å²) in [5.74, 6) is 3.94. The van der Waals surface area contributed by atoms with Gasteiger partial charge in [-0.2, -0.15) is 11.8 Å². The summed E-state index contributed by atoms with van der Waals surface area (Å²) in [5.41, 5.74) is 0. The second-order valence-electron chi connectivity index (χ2n) is 6.21. The molecule has 1 heterocycles. The van der Waals surface area contributed by atoms with Gasteiger partial charge in [-0.3, -0.25) is 4.90 Å². The fourth-order valence-corrected chi connectivity index (χ4v) is 4.63. The van der Waals surface area contributed by atoms with Crippen LogP contribution in [0, 0.1) is 11.8 Å². The summed E-state index contributed by atoms with van der Waals surface area (Å²) in [6.07, 6.45) is 6.15. The van der Waals surface area contributed by atoms with E-state index in [2.05, 4.69) is 30.5 Å². The maximum absolute atomic E-state index is 10.2. The Labute approximate surface area is 117 Å². The summed E-state index contributed by atoms with van der Waals surface area (Å²) in [7, 11) is 0. The summed E-state index contributed by atoms with van der Waals surface area (Å²) in [4.78, 5) is 2.61. The van der Waals surface area contributed by atoms with Crippen molar-refractivity contribution in [2.45, 2.75) is 58.1 Å². The van der Waals surface area contributed by atoms with Gasteiger partial charge in [0, 0.05) is 30.6 Å². The highest BCUT2D eigenvalue weighted by molar-refractivity contribution is 7.99. The van der Waals surface area contributed by atoms with E-state index >= 15 is 0 Å². The van der Waals surface area contributed by atoms with Gasteiger partial charge in [-0.25, -0.2) is 0 Å². The van der Waals surface area contributed by atoms with Gasteiger partial charge < -0.3 is 5.11 Å². The predicted molar refractivity (Wildman–Crippen MR) is 80.1 cm³/mol. The van der Waals surface area contributed by atoms with Crippen LogP contribution < -0.4 is 0 Å². The fourth-order valence-electron chi connectivity index (χ4n) is 3.55. The maximum atomic E-state index is 10.2. The Morgan fingerprint density at radius 3 is 2.89 bits per heavy atom. The molecule has 4 unspecified atom stereocenters. The summed E-state index contributed by atoms with van der Waals surface area (Å²) in [6.45, 7) is 6.96. The third-order valence-electron chi connectivity index (χ3n) is 4.72. The molecule has 1 aliphatic heterocycles. The molecule has 2 nitrogen and oxygen atoms in total. The van der Waals surface area contributed by atoms with Gasteiger partial charge in [-0.05, 0) is 38.0 Å². The first kappa shape index (κ1) is 14.7. The van der Waals surface area contributed by atoms with Crippen molar-refractivity contribution in [1.29, 1.82) is 0 Å². The molecule has 106 valence electrons. The first-order valence-electron chi connectivity index (χ1n) is 7.70. The van der Waals surface area contributed by atoms with Gasteiger partial charge in [0.15, 0.2) is 0 Å².